The predicted octanol–water partition coefficient (Wildman–Crippen LogP) is 2.75. The van der Waals surface area contributed by atoms with E-state index in [0.29, 0.717) is 12.4 Å². The summed E-state index contributed by atoms with van der Waals surface area (Å²) in [5.74, 6) is 0.544. The molecule has 0 amide bonds. The number of halogens is 1. The topological polar surface area (TPSA) is 71.1 Å². The number of nitrogens with zero attached hydrogens (tertiary/aromatic N) is 1. The van der Waals surface area contributed by atoms with E-state index in [0.717, 1.165) is 10.0 Å². The molecule has 0 atom stereocenters. The van der Waals surface area contributed by atoms with Crippen LogP contribution in [0, 0.1) is 0 Å². The van der Waals surface area contributed by atoms with Gasteiger partial charge in [0.25, 0.3) is 0 Å². The van der Waals surface area contributed by atoms with E-state index in [4.69, 9.17) is 0 Å². The van der Waals surface area contributed by atoms with E-state index < -0.39 is 10.0 Å². The molecule has 2 N–H and O–H groups in total. The van der Waals surface area contributed by atoms with Gasteiger partial charge in [0.2, 0.25) is 10.0 Å². The molecule has 0 saturated heterocycles. The molecule has 7 heteroatoms. The average molecular weight is 370 g/mol. The molecule has 1 aromatic heterocycles. The second-order valence-electron chi connectivity index (χ2n) is 4.36. The molecule has 0 fully saturated rings. The van der Waals surface area contributed by atoms with Gasteiger partial charge in [0, 0.05) is 29.8 Å². The molecule has 0 bridgehead atoms. The Hall–Kier alpha value is -1.44. The third-order valence-electron chi connectivity index (χ3n) is 2.75. The van der Waals surface area contributed by atoms with Gasteiger partial charge in [-0.15, -0.1) is 0 Å². The Morgan fingerprint density at radius 3 is 2.76 bits per heavy atom. The molecule has 0 radical (unpaired) electrons. The summed E-state index contributed by atoms with van der Waals surface area (Å²) < 4.78 is 28.0. The summed E-state index contributed by atoms with van der Waals surface area (Å²) in [6.07, 6.45) is 1.48. The maximum absolute atomic E-state index is 12.3. The number of sulfonamides is 1. The number of pyridine rings is 1. The van der Waals surface area contributed by atoms with Crippen molar-refractivity contribution in [2.24, 2.45) is 0 Å². The van der Waals surface area contributed by atoms with Crippen molar-refractivity contribution < 1.29 is 8.42 Å². The molecule has 0 saturated carbocycles. The Morgan fingerprint density at radius 2 is 2.05 bits per heavy atom. The molecule has 5 nitrogen and oxygen atoms in total. The van der Waals surface area contributed by atoms with Crippen molar-refractivity contribution in [1.82, 2.24) is 9.71 Å². The molecular formula is C14H16BrN3O2S. The van der Waals surface area contributed by atoms with Crippen LogP contribution in [0.15, 0.2) is 52.0 Å². The van der Waals surface area contributed by atoms with Crippen molar-refractivity contribution in [1.29, 1.82) is 0 Å². The minimum atomic E-state index is -3.56. The molecule has 1 aromatic carbocycles. The number of hydrogen-bond donors (Lipinski definition) is 2. The highest BCUT2D eigenvalue weighted by atomic mass is 79.9. The molecule has 2 aromatic rings. The van der Waals surface area contributed by atoms with Crippen molar-refractivity contribution in [2.45, 2.75) is 18.4 Å². The average Bonchev–Trinajstić information content (AvgIpc) is 2.46. The molecule has 1 heterocycles. The van der Waals surface area contributed by atoms with Crippen LogP contribution in [0.1, 0.15) is 12.5 Å². The van der Waals surface area contributed by atoms with Gasteiger partial charge in [0.15, 0.2) is 0 Å². The quantitative estimate of drug-likeness (QED) is 0.820. The van der Waals surface area contributed by atoms with E-state index in [1.807, 2.05) is 31.2 Å². The first-order chi connectivity index (χ1) is 10.0. The van der Waals surface area contributed by atoms with Gasteiger partial charge in [-0.05, 0) is 30.7 Å². The standard InChI is InChI=1S/C14H16BrN3O2S/c1-2-16-14-9-13(6-7-17-14)21(19,20)18-10-11-4-3-5-12(15)8-11/h3-9,18H,2,10H2,1H3,(H,16,17). The summed E-state index contributed by atoms with van der Waals surface area (Å²) in [7, 11) is -3.56. The van der Waals surface area contributed by atoms with Crippen LogP contribution in [0.4, 0.5) is 5.82 Å². The van der Waals surface area contributed by atoms with Gasteiger partial charge in [-0.1, -0.05) is 28.1 Å². The highest BCUT2D eigenvalue weighted by Gasteiger charge is 2.14. The number of aromatic nitrogens is 1. The summed E-state index contributed by atoms with van der Waals surface area (Å²) in [5.41, 5.74) is 0.883. The van der Waals surface area contributed by atoms with Gasteiger partial charge < -0.3 is 5.32 Å². The van der Waals surface area contributed by atoms with Crippen molar-refractivity contribution in [3.63, 3.8) is 0 Å². The van der Waals surface area contributed by atoms with Crippen LogP contribution in [0.2, 0.25) is 0 Å². The predicted molar refractivity (Wildman–Crippen MR) is 86.6 cm³/mol. The monoisotopic (exact) mass is 369 g/mol. The van der Waals surface area contributed by atoms with Gasteiger partial charge in [0.1, 0.15) is 5.82 Å². The first-order valence-corrected chi connectivity index (χ1v) is 8.73. The number of benzene rings is 1. The molecule has 0 spiro atoms. The van der Waals surface area contributed by atoms with Crippen molar-refractivity contribution in [3.8, 4) is 0 Å². The zero-order valence-electron chi connectivity index (χ0n) is 11.5. The summed E-state index contributed by atoms with van der Waals surface area (Å²) >= 11 is 3.36. The van der Waals surface area contributed by atoms with E-state index in [2.05, 4.69) is 31.0 Å². The zero-order valence-corrected chi connectivity index (χ0v) is 13.9. The fourth-order valence-electron chi connectivity index (χ4n) is 1.76. The SMILES string of the molecule is CCNc1cc(S(=O)(=O)NCc2cccc(Br)c2)ccn1. The Bertz CT molecular complexity index is 720. The smallest absolute Gasteiger partial charge is 0.241 e. The van der Waals surface area contributed by atoms with Gasteiger partial charge in [-0.25, -0.2) is 18.1 Å². The Morgan fingerprint density at radius 1 is 1.24 bits per heavy atom. The van der Waals surface area contributed by atoms with Crippen LogP contribution in [0.5, 0.6) is 0 Å². The van der Waals surface area contributed by atoms with Crippen molar-refractivity contribution in [3.05, 3.63) is 52.6 Å². The van der Waals surface area contributed by atoms with Crippen LogP contribution in [0.3, 0.4) is 0 Å². The van der Waals surface area contributed by atoms with Crippen molar-refractivity contribution >= 4 is 31.8 Å². The lowest BCUT2D eigenvalue weighted by Crippen LogP contribution is -2.23. The third-order valence-corrected chi connectivity index (χ3v) is 4.65. The fourth-order valence-corrected chi connectivity index (χ4v) is 3.24. The highest BCUT2D eigenvalue weighted by Crippen LogP contribution is 2.15. The minimum Gasteiger partial charge on any atom is -0.370 e. The molecule has 21 heavy (non-hydrogen) atoms. The summed E-state index contributed by atoms with van der Waals surface area (Å²) in [6.45, 7) is 2.84. The van der Waals surface area contributed by atoms with Crippen LogP contribution >= 0.6 is 15.9 Å². The molecule has 0 unspecified atom stereocenters. The first kappa shape index (κ1) is 15.9. The van der Waals surface area contributed by atoms with Gasteiger partial charge in [0.05, 0.1) is 4.90 Å². The molecular weight excluding hydrogens is 354 g/mol. The van der Waals surface area contributed by atoms with E-state index >= 15 is 0 Å². The fraction of sp³-hybridized carbons (Fsp3) is 0.214. The molecule has 0 aliphatic heterocycles. The minimum absolute atomic E-state index is 0.198. The molecule has 2 rings (SSSR count). The lowest BCUT2D eigenvalue weighted by molar-refractivity contribution is 0.581. The number of anilines is 1. The number of nitrogens with one attached hydrogen (secondary N) is 2. The largest absolute Gasteiger partial charge is 0.370 e. The van der Waals surface area contributed by atoms with Crippen LogP contribution in [0.25, 0.3) is 0 Å². The number of rotatable bonds is 6. The molecule has 112 valence electrons. The second kappa shape index (κ2) is 7.02. The molecule has 0 aliphatic rings. The van der Waals surface area contributed by atoms with Crippen LogP contribution in [-0.2, 0) is 16.6 Å². The van der Waals surface area contributed by atoms with E-state index in [-0.39, 0.29) is 11.4 Å². The maximum Gasteiger partial charge on any atom is 0.241 e. The van der Waals surface area contributed by atoms with E-state index in [1.54, 1.807) is 0 Å². The third kappa shape index (κ3) is 4.52. The van der Waals surface area contributed by atoms with Gasteiger partial charge in [-0.2, -0.15) is 0 Å². The Kier molecular flexibility index (Phi) is 5.33. The first-order valence-electron chi connectivity index (χ1n) is 6.45. The summed E-state index contributed by atoms with van der Waals surface area (Å²) in [5, 5.41) is 2.99. The lowest BCUT2D eigenvalue weighted by atomic mass is 10.2. The van der Waals surface area contributed by atoms with E-state index in [1.165, 1.54) is 18.3 Å². The molecule has 0 aliphatic carbocycles. The van der Waals surface area contributed by atoms with Crippen molar-refractivity contribution in [2.75, 3.05) is 11.9 Å². The summed E-state index contributed by atoms with van der Waals surface area (Å²) in [4.78, 5) is 4.26. The van der Waals surface area contributed by atoms with Crippen LogP contribution in [-0.4, -0.2) is 19.9 Å². The van der Waals surface area contributed by atoms with Crippen LogP contribution < -0.4 is 10.0 Å². The Balaban J connectivity index is 2.13. The maximum atomic E-state index is 12.3. The highest BCUT2D eigenvalue weighted by molar-refractivity contribution is 9.10. The van der Waals surface area contributed by atoms with Gasteiger partial charge in [-0.3, -0.25) is 0 Å². The zero-order chi connectivity index (χ0) is 15.3. The summed E-state index contributed by atoms with van der Waals surface area (Å²) in [6, 6.07) is 10.5. The lowest BCUT2D eigenvalue weighted by Gasteiger charge is -2.09. The Labute approximate surface area is 133 Å². The van der Waals surface area contributed by atoms with Gasteiger partial charge >= 0.3 is 0 Å². The second-order valence-corrected chi connectivity index (χ2v) is 7.04. The normalized spacial score (nSPS) is 11.3. The van der Waals surface area contributed by atoms with E-state index in [9.17, 15) is 8.42 Å². The number of hydrogen-bond acceptors (Lipinski definition) is 4.